The van der Waals surface area contributed by atoms with E-state index in [-0.39, 0.29) is 11.7 Å². The highest BCUT2D eigenvalue weighted by atomic mass is 32.2. The van der Waals surface area contributed by atoms with Crippen LogP contribution >= 0.6 is 11.8 Å². The third-order valence-electron chi connectivity index (χ3n) is 3.83. The van der Waals surface area contributed by atoms with Gasteiger partial charge in [0.05, 0.1) is 4.91 Å². The van der Waals surface area contributed by atoms with Crippen LogP contribution in [0.1, 0.15) is 25.3 Å². The van der Waals surface area contributed by atoms with E-state index in [0.29, 0.717) is 4.91 Å². The predicted molar refractivity (Wildman–Crippen MR) is 84.4 cm³/mol. The van der Waals surface area contributed by atoms with Gasteiger partial charge in [0.1, 0.15) is 5.82 Å². The normalized spacial score (nSPS) is 22.0. The van der Waals surface area contributed by atoms with Gasteiger partial charge in [-0.1, -0.05) is 19.1 Å². The van der Waals surface area contributed by atoms with Crippen LogP contribution in [-0.2, 0) is 4.79 Å². The van der Waals surface area contributed by atoms with E-state index in [2.05, 4.69) is 16.8 Å². The molecule has 0 saturated carbocycles. The Kier molecular flexibility index (Phi) is 4.10. The average Bonchev–Trinajstić information content (AvgIpc) is 2.83. The van der Waals surface area contributed by atoms with Crippen LogP contribution in [0.2, 0.25) is 0 Å². The van der Waals surface area contributed by atoms with E-state index in [9.17, 15) is 9.18 Å². The van der Waals surface area contributed by atoms with Gasteiger partial charge in [-0.3, -0.25) is 4.79 Å². The number of carbonyl (C=O) groups is 1. The Morgan fingerprint density at radius 3 is 2.62 bits per heavy atom. The Morgan fingerprint density at radius 2 is 1.95 bits per heavy atom. The van der Waals surface area contributed by atoms with E-state index in [1.54, 1.807) is 18.2 Å². The first-order chi connectivity index (χ1) is 10.1. The van der Waals surface area contributed by atoms with Gasteiger partial charge in [0, 0.05) is 13.1 Å². The molecule has 1 fully saturated rings. The first-order valence-corrected chi connectivity index (χ1v) is 7.96. The van der Waals surface area contributed by atoms with Crippen molar-refractivity contribution >= 4 is 28.9 Å². The predicted octanol–water partition coefficient (Wildman–Crippen LogP) is 3.53. The lowest BCUT2D eigenvalue weighted by Crippen LogP contribution is -2.35. The molecule has 2 aliphatic rings. The van der Waals surface area contributed by atoms with Crippen molar-refractivity contribution in [2.75, 3.05) is 13.1 Å². The lowest BCUT2D eigenvalue weighted by atomic mass is 10.00. The van der Waals surface area contributed by atoms with Gasteiger partial charge in [-0.05, 0) is 54.3 Å². The molecule has 0 N–H and O–H groups in total. The molecule has 0 radical (unpaired) electrons. The molecule has 1 aromatic rings. The summed E-state index contributed by atoms with van der Waals surface area (Å²) >= 11 is 1.42. The molecule has 3 rings (SSSR count). The summed E-state index contributed by atoms with van der Waals surface area (Å²) in [5, 5.41) is 0.806. The highest BCUT2D eigenvalue weighted by Gasteiger charge is 2.28. The van der Waals surface area contributed by atoms with E-state index >= 15 is 0 Å². The fourth-order valence-corrected chi connectivity index (χ4v) is 3.41. The van der Waals surface area contributed by atoms with Crippen LogP contribution in [0.5, 0.6) is 0 Å². The number of thioether (sulfide) groups is 1. The van der Waals surface area contributed by atoms with Crippen LogP contribution in [0.25, 0.3) is 6.08 Å². The molecule has 110 valence electrons. The van der Waals surface area contributed by atoms with Crippen LogP contribution in [0, 0.1) is 11.7 Å². The van der Waals surface area contributed by atoms with E-state index in [0.717, 1.165) is 42.6 Å². The lowest BCUT2D eigenvalue weighted by Gasteiger charge is -2.30. The second-order valence-electron chi connectivity index (χ2n) is 5.53. The van der Waals surface area contributed by atoms with E-state index in [1.807, 2.05) is 0 Å². The van der Waals surface area contributed by atoms with Gasteiger partial charge in [-0.2, -0.15) is 4.99 Å². The van der Waals surface area contributed by atoms with Gasteiger partial charge in [-0.25, -0.2) is 4.39 Å². The maximum atomic E-state index is 12.9. The quantitative estimate of drug-likeness (QED) is 0.744. The molecule has 1 amide bonds. The largest absolute Gasteiger partial charge is 0.351 e. The minimum Gasteiger partial charge on any atom is -0.351 e. The topological polar surface area (TPSA) is 32.7 Å². The molecule has 5 heteroatoms. The first kappa shape index (κ1) is 14.3. The molecule has 2 aliphatic heterocycles. The van der Waals surface area contributed by atoms with Crippen LogP contribution in [0.3, 0.4) is 0 Å². The molecule has 0 bridgehead atoms. The highest BCUT2D eigenvalue weighted by Crippen LogP contribution is 2.32. The number of rotatable bonds is 1. The third kappa shape index (κ3) is 3.35. The summed E-state index contributed by atoms with van der Waals surface area (Å²) in [7, 11) is 0. The zero-order valence-corrected chi connectivity index (χ0v) is 12.7. The fourth-order valence-electron chi connectivity index (χ4n) is 2.44. The number of benzene rings is 1. The van der Waals surface area contributed by atoms with Gasteiger partial charge in [0.2, 0.25) is 0 Å². The summed E-state index contributed by atoms with van der Waals surface area (Å²) in [6.07, 6.45) is 4.06. The number of amidine groups is 1. The van der Waals surface area contributed by atoms with E-state index in [4.69, 9.17) is 0 Å². The standard InChI is InChI=1S/C16H17FN2OS/c1-11-6-8-19(9-7-11)16-18-15(20)14(21-16)10-12-2-4-13(17)5-3-12/h2-5,10-11H,6-9H2,1H3. The van der Waals surface area contributed by atoms with Gasteiger partial charge in [-0.15, -0.1) is 0 Å². The third-order valence-corrected chi connectivity index (χ3v) is 4.88. The van der Waals surface area contributed by atoms with Crippen LogP contribution in [-0.4, -0.2) is 29.1 Å². The molecule has 0 aliphatic carbocycles. The average molecular weight is 304 g/mol. The van der Waals surface area contributed by atoms with Crippen molar-refractivity contribution < 1.29 is 9.18 Å². The van der Waals surface area contributed by atoms with Crippen LogP contribution in [0.4, 0.5) is 4.39 Å². The molecule has 1 aromatic carbocycles. The number of piperidine rings is 1. The van der Waals surface area contributed by atoms with Crippen molar-refractivity contribution in [3.05, 3.63) is 40.6 Å². The smallest absolute Gasteiger partial charge is 0.286 e. The number of aliphatic imine (C=N–C) groups is 1. The van der Waals surface area contributed by atoms with Gasteiger partial charge in [0.25, 0.3) is 5.91 Å². The summed E-state index contributed by atoms with van der Waals surface area (Å²) in [5.74, 6) is 0.276. The molecule has 0 spiro atoms. The SMILES string of the molecule is CC1CCN(C2=NC(=O)C(=Cc3ccc(F)cc3)S2)CC1. The van der Waals surface area contributed by atoms with Crippen molar-refractivity contribution in [1.29, 1.82) is 0 Å². The number of nitrogens with zero attached hydrogens (tertiary/aromatic N) is 2. The van der Waals surface area contributed by atoms with Crippen molar-refractivity contribution in [3.8, 4) is 0 Å². The van der Waals surface area contributed by atoms with E-state index in [1.165, 1.54) is 23.9 Å². The van der Waals surface area contributed by atoms with Crippen molar-refractivity contribution in [1.82, 2.24) is 4.90 Å². The Labute approximate surface area is 127 Å². The van der Waals surface area contributed by atoms with Crippen LogP contribution < -0.4 is 0 Å². The second-order valence-corrected chi connectivity index (χ2v) is 6.54. The molecule has 1 saturated heterocycles. The summed E-state index contributed by atoms with van der Waals surface area (Å²) in [6.45, 7) is 4.18. The monoisotopic (exact) mass is 304 g/mol. The summed E-state index contributed by atoms with van der Waals surface area (Å²) < 4.78 is 12.9. The van der Waals surface area contributed by atoms with Gasteiger partial charge < -0.3 is 4.90 Å². The van der Waals surface area contributed by atoms with Crippen LogP contribution in [0.15, 0.2) is 34.2 Å². The summed E-state index contributed by atoms with van der Waals surface area (Å²) in [6, 6.07) is 6.11. The van der Waals surface area contributed by atoms with E-state index < -0.39 is 0 Å². The Hall–Kier alpha value is -1.62. The molecule has 0 unspecified atom stereocenters. The zero-order valence-electron chi connectivity index (χ0n) is 11.9. The Balaban J connectivity index is 1.71. The maximum Gasteiger partial charge on any atom is 0.286 e. The molecule has 0 aromatic heterocycles. The number of amides is 1. The molecule has 0 atom stereocenters. The summed E-state index contributed by atoms with van der Waals surface area (Å²) in [4.78, 5) is 18.9. The number of hydrogen-bond donors (Lipinski definition) is 0. The van der Waals surface area contributed by atoms with Crippen molar-refractivity contribution in [3.63, 3.8) is 0 Å². The number of carbonyl (C=O) groups excluding carboxylic acids is 1. The summed E-state index contributed by atoms with van der Waals surface area (Å²) in [5.41, 5.74) is 0.816. The number of likely N-dealkylation sites (tertiary alicyclic amines) is 1. The number of hydrogen-bond acceptors (Lipinski definition) is 3. The zero-order chi connectivity index (χ0) is 14.8. The molecular weight excluding hydrogens is 287 g/mol. The number of halogens is 1. The molecular formula is C16H17FN2OS. The Morgan fingerprint density at radius 1 is 1.29 bits per heavy atom. The maximum absolute atomic E-state index is 12.9. The molecule has 3 nitrogen and oxygen atoms in total. The lowest BCUT2D eigenvalue weighted by molar-refractivity contribution is -0.113. The van der Waals surface area contributed by atoms with Crippen molar-refractivity contribution in [2.45, 2.75) is 19.8 Å². The minimum absolute atomic E-state index is 0.196. The molecule has 2 heterocycles. The minimum atomic E-state index is -0.276. The van der Waals surface area contributed by atoms with Gasteiger partial charge in [0.15, 0.2) is 5.17 Å². The fraction of sp³-hybridized carbons (Fsp3) is 0.375. The van der Waals surface area contributed by atoms with Crippen molar-refractivity contribution in [2.24, 2.45) is 10.9 Å². The molecule has 21 heavy (non-hydrogen) atoms. The highest BCUT2D eigenvalue weighted by molar-refractivity contribution is 8.18. The van der Waals surface area contributed by atoms with Gasteiger partial charge >= 0.3 is 0 Å². The first-order valence-electron chi connectivity index (χ1n) is 7.15. The second kappa shape index (κ2) is 6.02. The Bertz CT molecular complexity index is 601.